The van der Waals surface area contributed by atoms with Gasteiger partial charge in [-0.15, -0.1) is 0 Å². The van der Waals surface area contributed by atoms with Gasteiger partial charge in [0.1, 0.15) is 5.82 Å². The topological polar surface area (TPSA) is 24.1 Å². The number of hydrogen-bond donors (Lipinski definition) is 2. The van der Waals surface area contributed by atoms with Crippen LogP contribution < -0.4 is 10.6 Å². The zero-order valence-electron chi connectivity index (χ0n) is 10.4. The fourth-order valence-electron chi connectivity index (χ4n) is 3.12. The van der Waals surface area contributed by atoms with Gasteiger partial charge in [0.15, 0.2) is 0 Å². The van der Waals surface area contributed by atoms with Gasteiger partial charge < -0.3 is 10.6 Å². The Kier molecular flexibility index (Phi) is 2.32. The zero-order chi connectivity index (χ0) is 12.0. The molecule has 0 aromatic heterocycles. The van der Waals surface area contributed by atoms with E-state index in [0.29, 0.717) is 17.0 Å². The molecule has 2 N–H and O–H groups in total. The third-order valence-electron chi connectivity index (χ3n) is 4.39. The van der Waals surface area contributed by atoms with Gasteiger partial charge in [-0.2, -0.15) is 0 Å². The smallest absolute Gasteiger partial charge is 0.128 e. The maximum atomic E-state index is 13.6. The highest BCUT2D eigenvalue weighted by atomic mass is 19.1. The van der Waals surface area contributed by atoms with Crippen LogP contribution in [0, 0.1) is 18.2 Å². The van der Waals surface area contributed by atoms with Crippen molar-refractivity contribution in [3.8, 4) is 0 Å². The number of hydrogen-bond acceptors (Lipinski definition) is 2. The second-order valence-corrected chi connectivity index (χ2v) is 5.74. The molecule has 1 aromatic rings. The summed E-state index contributed by atoms with van der Waals surface area (Å²) in [6.45, 7) is 5.07. The largest absolute Gasteiger partial charge is 0.383 e. The molecule has 2 unspecified atom stereocenters. The van der Waals surface area contributed by atoms with E-state index in [4.69, 9.17) is 0 Å². The molecular formula is C14H19FN2. The molecule has 0 spiro atoms. The van der Waals surface area contributed by atoms with E-state index >= 15 is 0 Å². The maximum absolute atomic E-state index is 13.6. The first-order chi connectivity index (χ1) is 8.08. The van der Waals surface area contributed by atoms with Crippen molar-refractivity contribution >= 4 is 11.4 Å². The van der Waals surface area contributed by atoms with Crippen LogP contribution in [0.15, 0.2) is 12.1 Å². The molecule has 2 atom stereocenters. The summed E-state index contributed by atoms with van der Waals surface area (Å²) >= 11 is 0. The highest BCUT2D eigenvalue weighted by molar-refractivity contribution is 5.71. The van der Waals surface area contributed by atoms with Crippen LogP contribution in [0.4, 0.5) is 15.8 Å². The van der Waals surface area contributed by atoms with Gasteiger partial charge in [0, 0.05) is 18.0 Å². The molecule has 2 aliphatic rings. The van der Waals surface area contributed by atoms with Crippen molar-refractivity contribution in [1.82, 2.24) is 0 Å². The van der Waals surface area contributed by atoms with Gasteiger partial charge in [-0.1, -0.05) is 13.3 Å². The van der Waals surface area contributed by atoms with Gasteiger partial charge in [0.25, 0.3) is 0 Å². The third kappa shape index (κ3) is 1.68. The van der Waals surface area contributed by atoms with Crippen molar-refractivity contribution in [2.45, 2.75) is 39.2 Å². The van der Waals surface area contributed by atoms with Crippen LogP contribution in [-0.2, 0) is 0 Å². The van der Waals surface area contributed by atoms with Gasteiger partial charge in [-0.05, 0) is 37.5 Å². The number of anilines is 2. The molecule has 3 rings (SSSR count). The van der Waals surface area contributed by atoms with E-state index in [1.807, 2.05) is 13.0 Å². The molecule has 1 saturated carbocycles. The molecule has 2 nitrogen and oxygen atoms in total. The highest BCUT2D eigenvalue weighted by Gasteiger charge is 2.40. The molecule has 0 saturated heterocycles. The Morgan fingerprint density at radius 3 is 3.00 bits per heavy atom. The Morgan fingerprint density at radius 2 is 2.18 bits per heavy atom. The van der Waals surface area contributed by atoms with Crippen molar-refractivity contribution in [1.29, 1.82) is 0 Å². The molecule has 92 valence electrons. The van der Waals surface area contributed by atoms with E-state index in [2.05, 4.69) is 17.6 Å². The lowest BCUT2D eigenvalue weighted by Gasteiger charge is -2.29. The fourth-order valence-corrected chi connectivity index (χ4v) is 3.12. The lowest BCUT2D eigenvalue weighted by atomic mass is 9.85. The van der Waals surface area contributed by atoms with Crippen LogP contribution in [0.5, 0.6) is 0 Å². The van der Waals surface area contributed by atoms with Gasteiger partial charge in [0.05, 0.1) is 11.4 Å². The SMILES string of the molecule is Cc1cc2c(cc1F)NCC1(C)CCCC1N2. The lowest BCUT2D eigenvalue weighted by molar-refractivity contribution is 0.335. The Balaban J connectivity index is 2.00. The Morgan fingerprint density at radius 1 is 1.35 bits per heavy atom. The summed E-state index contributed by atoms with van der Waals surface area (Å²) in [7, 11) is 0. The second-order valence-electron chi connectivity index (χ2n) is 5.74. The summed E-state index contributed by atoms with van der Waals surface area (Å²) in [5.74, 6) is -0.129. The van der Waals surface area contributed by atoms with E-state index in [9.17, 15) is 4.39 Å². The maximum Gasteiger partial charge on any atom is 0.128 e. The van der Waals surface area contributed by atoms with Gasteiger partial charge in [0.2, 0.25) is 0 Å². The number of benzene rings is 1. The minimum Gasteiger partial charge on any atom is -0.383 e. The second kappa shape index (κ2) is 3.62. The van der Waals surface area contributed by atoms with Crippen LogP contribution in [0.25, 0.3) is 0 Å². The van der Waals surface area contributed by atoms with Crippen LogP contribution in [0.2, 0.25) is 0 Å². The Bertz CT molecular complexity index is 458. The first kappa shape index (κ1) is 10.9. The molecule has 1 heterocycles. The average molecular weight is 234 g/mol. The molecule has 1 aliphatic carbocycles. The minimum absolute atomic E-state index is 0.129. The molecule has 1 aromatic carbocycles. The summed E-state index contributed by atoms with van der Waals surface area (Å²) in [5.41, 5.74) is 2.96. The van der Waals surface area contributed by atoms with E-state index in [1.165, 1.54) is 19.3 Å². The van der Waals surface area contributed by atoms with Crippen molar-refractivity contribution in [3.63, 3.8) is 0 Å². The number of nitrogens with one attached hydrogen (secondary N) is 2. The van der Waals surface area contributed by atoms with E-state index in [1.54, 1.807) is 6.07 Å². The van der Waals surface area contributed by atoms with Crippen LogP contribution in [-0.4, -0.2) is 12.6 Å². The summed E-state index contributed by atoms with van der Waals surface area (Å²) in [4.78, 5) is 0. The summed E-state index contributed by atoms with van der Waals surface area (Å²) in [6.07, 6.45) is 3.74. The molecule has 0 amide bonds. The Labute approximate surface area is 102 Å². The lowest BCUT2D eigenvalue weighted by Crippen LogP contribution is -2.36. The predicted molar refractivity (Wildman–Crippen MR) is 69.0 cm³/mol. The number of rotatable bonds is 0. The van der Waals surface area contributed by atoms with Gasteiger partial charge in [-0.3, -0.25) is 0 Å². The zero-order valence-corrected chi connectivity index (χ0v) is 10.4. The van der Waals surface area contributed by atoms with E-state index < -0.39 is 0 Å². The van der Waals surface area contributed by atoms with Crippen molar-refractivity contribution in [2.75, 3.05) is 17.2 Å². The monoisotopic (exact) mass is 234 g/mol. The fraction of sp³-hybridized carbons (Fsp3) is 0.571. The van der Waals surface area contributed by atoms with E-state index in [-0.39, 0.29) is 5.82 Å². The summed E-state index contributed by atoms with van der Waals surface area (Å²) < 4.78 is 13.6. The predicted octanol–water partition coefficient (Wildman–Crippen LogP) is 3.53. The number of fused-ring (bicyclic) bond motifs is 2. The molecule has 0 radical (unpaired) electrons. The average Bonchev–Trinajstić information content (AvgIpc) is 2.58. The van der Waals surface area contributed by atoms with Crippen molar-refractivity contribution in [2.24, 2.45) is 5.41 Å². The third-order valence-corrected chi connectivity index (χ3v) is 4.39. The summed E-state index contributed by atoms with van der Waals surface area (Å²) in [6, 6.07) is 4.05. The first-order valence-electron chi connectivity index (χ1n) is 6.39. The molecule has 1 fully saturated rings. The van der Waals surface area contributed by atoms with Crippen molar-refractivity contribution in [3.05, 3.63) is 23.5 Å². The molecule has 0 bridgehead atoms. The van der Waals surface area contributed by atoms with E-state index in [0.717, 1.165) is 17.9 Å². The molecule has 17 heavy (non-hydrogen) atoms. The Hall–Kier alpha value is -1.25. The van der Waals surface area contributed by atoms with Crippen LogP contribution in [0.1, 0.15) is 31.7 Å². The standard InChI is InChI=1S/C14H19FN2/c1-9-6-12-11(7-10(9)15)16-8-14(2)5-3-4-13(14)17-12/h6-7,13,16-17H,3-5,8H2,1-2H3. The molecule has 3 heteroatoms. The minimum atomic E-state index is -0.129. The number of halogens is 1. The summed E-state index contributed by atoms with van der Waals surface area (Å²) in [5, 5.41) is 7.00. The quantitative estimate of drug-likeness (QED) is 0.717. The normalized spacial score (nSPS) is 30.9. The first-order valence-corrected chi connectivity index (χ1v) is 6.39. The van der Waals surface area contributed by atoms with Gasteiger partial charge in [-0.25, -0.2) is 4.39 Å². The van der Waals surface area contributed by atoms with Crippen LogP contribution in [0.3, 0.4) is 0 Å². The highest BCUT2D eigenvalue weighted by Crippen LogP contribution is 2.43. The molecule has 1 aliphatic heterocycles. The molecular weight excluding hydrogens is 215 g/mol. The number of aryl methyl sites for hydroxylation is 1. The van der Waals surface area contributed by atoms with Crippen molar-refractivity contribution < 1.29 is 4.39 Å². The van der Waals surface area contributed by atoms with Crippen LogP contribution >= 0.6 is 0 Å². The van der Waals surface area contributed by atoms with Gasteiger partial charge >= 0.3 is 0 Å².